The summed E-state index contributed by atoms with van der Waals surface area (Å²) < 4.78 is 0. The lowest BCUT2D eigenvalue weighted by Crippen LogP contribution is -2.34. The third-order valence-corrected chi connectivity index (χ3v) is 3.43. The Bertz CT molecular complexity index is 712. The first kappa shape index (κ1) is 16.0. The Labute approximate surface area is 132 Å². The van der Waals surface area contributed by atoms with Crippen LogP contribution >= 0.6 is 11.6 Å². The van der Waals surface area contributed by atoms with E-state index in [-0.39, 0.29) is 28.1 Å². The number of amides is 1. The monoisotopic (exact) mass is 321 g/mol. The lowest BCUT2D eigenvalue weighted by atomic mass is 10.1. The van der Waals surface area contributed by atoms with Crippen molar-refractivity contribution in [1.82, 2.24) is 15.5 Å². The first-order valence-electron chi connectivity index (χ1n) is 6.71. The quantitative estimate of drug-likeness (QED) is 0.788. The van der Waals surface area contributed by atoms with E-state index in [0.717, 1.165) is 11.4 Å². The average Bonchev–Trinajstić information content (AvgIpc) is 2.83. The van der Waals surface area contributed by atoms with E-state index in [0.29, 0.717) is 6.42 Å². The zero-order valence-corrected chi connectivity index (χ0v) is 12.9. The number of halogens is 1. The maximum Gasteiger partial charge on any atom is 0.335 e. The van der Waals surface area contributed by atoms with Gasteiger partial charge in [-0.25, -0.2) is 4.79 Å². The third kappa shape index (κ3) is 3.85. The number of aromatic nitrogens is 2. The Hall–Kier alpha value is -2.34. The molecular formula is C15H16ClN3O3. The van der Waals surface area contributed by atoms with Crippen molar-refractivity contribution in [3.8, 4) is 0 Å². The summed E-state index contributed by atoms with van der Waals surface area (Å²) in [5, 5.41) is 18.8. The highest BCUT2D eigenvalue weighted by atomic mass is 35.5. The van der Waals surface area contributed by atoms with Gasteiger partial charge < -0.3 is 10.4 Å². The highest BCUT2D eigenvalue weighted by molar-refractivity contribution is 6.34. The Balaban J connectivity index is 2.03. The molecule has 1 aromatic heterocycles. The molecule has 1 atom stereocenters. The van der Waals surface area contributed by atoms with Gasteiger partial charge in [0.25, 0.3) is 5.91 Å². The number of aryl methyl sites for hydroxylation is 1. The summed E-state index contributed by atoms with van der Waals surface area (Å²) >= 11 is 5.97. The minimum Gasteiger partial charge on any atom is -0.478 e. The number of hydrogen-bond donors (Lipinski definition) is 3. The number of nitrogens with one attached hydrogen (secondary N) is 2. The number of aromatic carboxylic acids is 1. The topological polar surface area (TPSA) is 95.1 Å². The second kappa shape index (κ2) is 6.62. The van der Waals surface area contributed by atoms with Crippen LogP contribution in [0, 0.1) is 6.92 Å². The van der Waals surface area contributed by atoms with Gasteiger partial charge in [0.05, 0.1) is 21.8 Å². The molecule has 0 radical (unpaired) electrons. The van der Waals surface area contributed by atoms with Gasteiger partial charge in [0.15, 0.2) is 0 Å². The van der Waals surface area contributed by atoms with E-state index >= 15 is 0 Å². The van der Waals surface area contributed by atoms with Gasteiger partial charge in [0.1, 0.15) is 0 Å². The summed E-state index contributed by atoms with van der Waals surface area (Å²) in [4.78, 5) is 23.0. The molecule has 1 amide bonds. The molecule has 6 nitrogen and oxygen atoms in total. The fourth-order valence-corrected chi connectivity index (χ4v) is 2.34. The van der Waals surface area contributed by atoms with Gasteiger partial charge in [-0.15, -0.1) is 0 Å². The molecule has 7 heteroatoms. The Morgan fingerprint density at radius 2 is 2.14 bits per heavy atom. The first-order valence-corrected chi connectivity index (χ1v) is 7.09. The van der Waals surface area contributed by atoms with Gasteiger partial charge >= 0.3 is 5.97 Å². The van der Waals surface area contributed by atoms with E-state index in [2.05, 4.69) is 15.5 Å². The lowest BCUT2D eigenvalue weighted by molar-refractivity contribution is 0.0696. The number of carboxylic acids is 1. The summed E-state index contributed by atoms with van der Waals surface area (Å²) in [5.74, 6) is -1.43. The average molecular weight is 322 g/mol. The number of carbonyl (C=O) groups excluding carboxylic acids is 1. The molecule has 0 aliphatic rings. The van der Waals surface area contributed by atoms with Crippen LogP contribution in [-0.2, 0) is 6.42 Å². The summed E-state index contributed by atoms with van der Waals surface area (Å²) in [5.41, 5.74) is 2.11. The van der Waals surface area contributed by atoms with Crippen LogP contribution in [0.2, 0.25) is 5.02 Å². The van der Waals surface area contributed by atoms with Crippen molar-refractivity contribution in [2.75, 3.05) is 0 Å². The molecule has 2 aromatic rings. The Morgan fingerprint density at radius 3 is 2.68 bits per heavy atom. The minimum atomic E-state index is -1.09. The van der Waals surface area contributed by atoms with Crippen molar-refractivity contribution >= 4 is 23.5 Å². The maximum absolute atomic E-state index is 12.2. The molecule has 2 rings (SSSR count). The third-order valence-electron chi connectivity index (χ3n) is 3.11. The number of rotatable bonds is 5. The molecule has 0 spiro atoms. The van der Waals surface area contributed by atoms with Crippen molar-refractivity contribution in [1.29, 1.82) is 0 Å². The SMILES string of the molecule is Cc1cc(CC(C)NC(=O)c2ccc(C(=O)O)cc2Cl)n[nH]1. The van der Waals surface area contributed by atoms with Gasteiger partial charge in [-0.2, -0.15) is 5.10 Å². The van der Waals surface area contributed by atoms with Crippen molar-refractivity contribution in [3.05, 3.63) is 51.8 Å². The van der Waals surface area contributed by atoms with Crippen molar-refractivity contribution in [2.45, 2.75) is 26.3 Å². The largest absolute Gasteiger partial charge is 0.478 e. The van der Waals surface area contributed by atoms with E-state index in [1.807, 2.05) is 19.9 Å². The molecule has 116 valence electrons. The van der Waals surface area contributed by atoms with Crippen LogP contribution in [0.25, 0.3) is 0 Å². The smallest absolute Gasteiger partial charge is 0.335 e. The number of H-pyrrole nitrogens is 1. The maximum atomic E-state index is 12.2. The summed E-state index contributed by atoms with van der Waals surface area (Å²) in [6, 6.07) is 5.81. The van der Waals surface area contributed by atoms with Gasteiger partial charge in [-0.05, 0) is 38.1 Å². The summed E-state index contributed by atoms with van der Waals surface area (Å²) in [6.07, 6.45) is 0.584. The lowest BCUT2D eigenvalue weighted by Gasteiger charge is -2.13. The molecular weight excluding hydrogens is 306 g/mol. The van der Waals surface area contributed by atoms with E-state index in [1.165, 1.54) is 18.2 Å². The fraction of sp³-hybridized carbons (Fsp3) is 0.267. The number of benzene rings is 1. The highest BCUT2D eigenvalue weighted by Crippen LogP contribution is 2.18. The van der Waals surface area contributed by atoms with E-state index in [4.69, 9.17) is 16.7 Å². The standard InChI is InChI=1S/C15H16ClN3O3/c1-8(5-11-6-9(2)18-19-11)17-14(20)12-4-3-10(15(21)22)7-13(12)16/h3-4,6-8H,5H2,1-2H3,(H,17,20)(H,18,19)(H,21,22). The molecule has 0 saturated heterocycles. The van der Waals surface area contributed by atoms with Gasteiger partial charge in [0, 0.05) is 18.2 Å². The number of carbonyl (C=O) groups is 2. The van der Waals surface area contributed by atoms with Crippen LogP contribution in [0.1, 0.15) is 39.0 Å². The Morgan fingerprint density at radius 1 is 1.41 bits per heavy atom. The van der Waals surface area contributed by atoms with E-state index in [9.17, 15) is 9.59 Å². The second-order valence-electron chi connectivity index (χ2n) is 5.12. The van der Waals surface area contributed by atoms with Crippen LogP contribution in [-0.4, -0.2) is 33.2 Å². The highest BCUT2D eigenvalue weighted by Gasteiger charge is 2.16. The van der Waals surface area contributed by atoms with Crippen LogP contribution in [0.5, 0.6) is 0 Å². The number of nitrogens with zero attached hydrogens (tertiary/aromatic N) is 1. The predicted molar refractivity (Wildman–Crippen MR) is 82.4 cm³/mol. The zero-order chi connectivity index (χ0) is 16.3. The molecule has 0 aliphatic carbocycles. The van der Waals surface area contributed by atoms with Crippen molar-refractivity contribution in [2.24, 2.45) is 0 Å². The summed E-state index contributed by atoms with van der Waals surface area (Å²) in [7, 11) is 0. The van der Waals surface area contributed by atoms with Crippen molar-refractivity contribution in [3.63, 3.8) is 0 Å². The van der Waals surface area contributed by atoms with Crippen LogP contribution in [0.4, 0.5) is 0 Å². The molecule has 1 heterocycles. The molecule has 22 heavy (non-hydrogen) atoms. The van der Waals surface area contributed by atoms with Crippen molar-refractivity contribution < 1.29 is 14.7 Å². The number of aromatic amines is 1. The van der Waals surface area contributed by atoms with Crippen LogP contribution in [0.3, 0.4) is 0 Å². The first-order chi connectivity index (χ1) is 10.4. The molecule has 0 saturated carbocycles. The molecule has 1 aromatic carbocycles. The van der Waals surface area contributed by atoms with Gasteiger partial charge in [0.2, 0.25) is 0 Å². The normalized spacial score (nSPS) is 12.0. The van der Waals surface area contributed by atoms with E-state index < -0.39 is 5.97 Å². The predicted octanol–water partition coefficient (Wildman–Crippen LogP) is 2.43. The number of carboxylic acid groups (broad SMARTS) is 1. The number of hydrogen-bond acceptors (Lipinski definition) is 3. The van der Waals surface area contributed by atoms with Crippen LogP contribution in [0.15, 0.2) is 24.3 Å². The minimum absolute atomic E-state index is 0.0431. The molecule has 0 aliphatic heterocycles. The van der Waals surface area contributed by atoms with Gasteiger partial charge in [-0.3, -0.25) is 9.89 Å². The molecule has 0 bridgehead atoms. The van der Waals surface area contributed by atoms with Crippen LogP contribution < -0.4 is 5.32 Å². The fourth-order valence-electron chi connectivity index (χ4n) is 2.08. The molecule has 0 fully saturated rings. The van der Waals surface area contributed by atoms with Gasteiger partial charge in [-0.1, -0.05) is 11.6 Å². The Kier molecular flexibility index (Phi) is 4.82. The van der Waals surface area contributed by atoms with E-state index in [1.54, 1.807) is 0 Å². The summed E-state index contributed by atoms with van der Waals surface area (Å²) in [6.45, 7) is 3.77. The zero-order valence-electron chi connectivity index (χ0n) is 12.2. The molecule has 3 N–H and O–H groups in total. The molecule has 1 unspecified atom stereocenters. The second-order valence-corrected chi connectivity index (χ2v) is 5.53.